The summed E-state index contributed by atoms with van der Waals surface area (Å²) in [4.78, 5) is 5.79. The fraction of sp³-hybridized carbons (Fsp3) is 0.562. The van der Waals surface area contributed by atoms with E-state index in [2.05, 4.69) is 39.4 Å². The highest BCUT2D eigenvalue weighted by atomic mass is 32.2. The first-order valence-electron chi connectivity index (χ1n) is 8.18. The van der Waals surface area contributed by atoms with E-state index < -0.39 is 10.0 Å². The molecule has 24 heavy (non-hydrogen) atoms. The molecule has 0 aliphatic carbocycles. The molecule has 136 valence electrons. The van der Waals surface area contributed by atoms with E-state index in [0.29, 0.717) is 30.8 Å². The van der Waals surface area contributed by atoms with Gasteiger partial charge in [0.25, 0.3) is 0 Å². The van der Waals surface area contributed by atoms with Gasteiger partial charge in [0.15, 0.2) is 5.96 Å². The average molecular weight is 373 g/mol. The topological polar surface area (TPSA) is 82.6 Å². The van der Waals surface area contributed by atoms with Crippen LogP contribution in [0.5, 0.6) is 0 Å². The Balaban J connectivity index is 2.41. The first-order chi connectivity index (χ1) is 11.5. The highest BCUT2D eigenvalue weighted by molar-refractivity contribution is 8.00. The minimum absolute atomic E-state index is 0.0926. The van der Waals surface area contributed by atoms with E-state index >= 15 is 0 Å². The summed E-state index contributed by atoms with van der Waals surface area (Å²) in [5, 5.41) is 6.65. The summed E-state index contributed by atoms with van der Waals surface area (Å²) in [6.07, 6.45) is 0. The van der Waals surface area contributed by atoms with Gasteiger partial charge in [-0.3, -0.25) is 4.99 Å². The minimum Gasteiger partial charge on any atom is -0.357 e. The van der Waals surface area contributed by atoms with Gasteiger partial charge in [-0.15, -0.1) is 11.8 Å². The minimum atomic E-state index is -3.14. The zero-order valence-electron chi connectivity index (χ0n) is 14.6. The molecule has 0 aliphatic heterocycles. The fourth-order valence-electron chi connectivity index (χ4n) is 1.82. The Labute approximate surface area is 150 Å². The molecule has 0 aromatic heterocycles. The Hall–Kier alpha value is -1.25. The summed E-state index contributed by atoms with van der Waals surface area (Å²) in [6.45, 7) is 8.02. The molecule has 0 amide bonds. The molecule has 0 fully saturated rings. The van der Waals surface area contributed by atoms with Gasteiger partial charge in [-0.1, -0.05) is 25.1 Å². The molecule has 1 rings (SSSR count). The highest BCUT2D eigenvalue weighted by Gasteiger charge is 2.06. The van der Waals surface area contributed by atoms with Gasteiger partial charge in [0, 0.05) is 29.8 Å². The van der Waals surface area contributed by atoms with Gasteiger partial charge in [-0.05, 0) is 26.0 Å². The molecule has 6 nitrogen and oxygen atoms in total. The van der Waals surface area contributed by atoms with Crippen LogP contribution in [0.1, 0.15) is 20.8 Å². The molecule has 0 saturated heterocycles. The quantitative estimate of drug-likeness (QED) is 0.252. The zero-order valence-corrected chi connectivity index (χ0v) is 16.2. The molecular weight excluding hydrogens is 344 g/mol. The van der Waals surface area contributed by atoms with E-state index in [4.69, 9.17) is 0 Å². The number of nitrogens with zero attached hydrogens (tertiary/aromatic N) is 1. The average Bonchev–Trinajstić information content (AvgIpc) is 2.57. The third kappa shape index (κ3) is 9.14. The molecule has 3 N–H and O–H groups in total. The smallest absolute Gasteiger partial charge is 0.211 e. The first kappa shape index (κ1) is 20.8. The lowest BCUT2D eigenvalue weighted by molar-refractivity contribution is 0.582. The van der Waals surface area contributed by atoms with Crippen LogP contribution in [0.15, 0.2) is 40.2 Å². The second-order valence-electron chi connectivity index (χ2n) is 5.19. The summed E-state index contributed by atoms with van der Waals surface area (Å²) >= 11 is 1.78. The van der Waals surface area contributed by atoms with Crippen molar-refractivity contribution in [1.82, 2.24) is 15.4 Å². The van der Waals surface area contributed by atoms with Crippen LogP contribution >= 0.6 is 11.8 Å². The van der Waals surface area contributed by atoms with Crippen molar-refractivity contribution in [3.05, 3.63) is 30.3 Å². The maximum Gasteiger partial charge on any atom is 0.211 e. The predicted octanol–water partition coefficient (Wildman–Crippen LogP) is 1.66. The number of nitrogens with one attached hydrogen (secondary N) is 3. The van der Waals surface area contributed by atoms with Gasteiger partial charge in [-0.25, -0.2) is 13.1 Å². The molecule has 1 aromatic rings. The van der Waals surface area contributed by atoms with Crippen molar-refractivity contribution in [1.29, 1.82) is 0 Å². The van der Waals surface area contributed by atoms with E-state index in [1.807, 2.05) is 25.1 Å². The Morgan fingerprint density at radius 1 is 1.17 bits per heavy atom. The van der Waals surface area contributed by atoms with Gasteiger partial charge in [-0.2, -0.15) is 0 Å². The van der Waals surface area contributed by atoms with Crippen LogP contribution in [-0.4, -0.2) is 51.6 Å². The molecule has 0 aliphatic rings. The molecule has 1 aromatic carbocycles. The van der Waals surface area contributed by atoms with E-state index in [0.717, 1.165) is 6.54 Å². The SMILES string of the molecule is CCNC(=NCC(C)Sc1ccccc1)NCCNS(=O)(=O)CC. The Kier molecular flexibility index (Phi) is 9.82. The number of hydrogen-bond donors (Lipinski definition) is 3. The van der Waals surface area contributed by atoms with Crippen LogP contribution in [-0.2, 0) is 10.0 Å². The second-order valence-corrected chi connectivity index (χ2v) is 8.79. The van der Waals surface area contributed by atoms with Crippen LogP contribution < -0.4 is 15.4 Å². The molecule has 1 unspecified atom stereocenters. The van der Waals surface area contributed by atoms with Gasteiger partial charge in [0.2, 0.25) is 10.0 Å². The van der Waals surface area contributed by atoms with Gasteiger partial charge >= 0.3 is 0 Å². The van der Waals surface area contributed by atoms with Gasteiger partial charge < -0.3 is 10.6 Å². The largest absolute Gasteiger partial charge is 0.357 e. The zero-order chi connectivity index (χ0) is 17.8. The van der Waals surface area contributed by atoms with Crippen LogP contribution in [0.3, 0.4) is 0 Å². The summed E-state index contributed by atoms with van der Waals surface area (Å²) in [7, 11) is -3.14. The van der Waals surface area contributed by atoms with Crippen molar-refractivity contribution in [2.45, 2.75) is 30.9 Å². The monoisotopic (exact) mass is 372 g/mol. The molecule has 8 heteroatoms. The van der Waals surface area contributed by atoms with Crippen LogP contribution in [0.4, 0.5) is 0 Å². The van der Waals surface area contributed by atoms with Crippen molar-refractivity contribution >= 4 is 27.7 Å². The molecule has 1 atom stereocenters. The van der Waals surface area contributed by atoms with Crippen LogP contribution in [0.25, 0.3) is 0 Å². The van der Waals surface area contributed by atoms with Crippen molar-refractivity contribution in [2.75, 3.05) is 31.9 Å². The maximum absolute atomic E-state index is 11.4. The number of rotatable bonds is 10. The second kappa shape index (κ2) is 11.3. The molecular formula is C16H28N4O2S2. The Bertz CT molecular complexity index is 591. The lowest BCUT2D eigenvalue weighted by atomic mass is 10.4. The molecule has 0 bridgehead atoms. The number of sulfonamides is 1. The van der Waals surface area contributed by atoms with Crippen molar-refractivity contribution in [2.24, 2.45) is 4.99 Å². The first-order valence-corrected chi connectivity index (χ1v) is 10.7. The van der Waals surface area contributed by atoms with Crippen molar-refractivity contribution in [3.63, 3.8) is 0 Å². The number of benzene rings is 1. The van der Waals surface area contributed by atoms with E-state index in [1.54, 1.807) is 18.7 Å². The van der Waals surface area contributed by atoms with E-state index in [1.165, 1.54) is 4.90 Å². The molecule has 0 radical (unpaired) electrons. The van der Waals surface area contributed by atoms with Crippen molar-refractivity contribution in [3.8, 4) is 0 Å². The Morgan fingerprint density at radius 3 is 2.50 bits per heavy atom. The summed E-state index contributed by atoms with van der Waals surface area (Å²) in [6, 6.07) is 10.2. The lowest BCUT2D eigenvalue weighted by Gasteiger charge is -2.13. The summed E-state index contributed by atoms with van der Waals surface area (Å²) < 4.78 is 25.3. The van der Waals surface area contributed by atoms with Gasteiger partial charge in [0.05, 0.1) is 12.3 Å². The molecule has 0 heterocycles. The summed E-state index contributed by atoms with van der Waals surface area (Å²) in [5.41, 5.74) is 0. The fourth-order valence-corrected chi connectivity index (χ4v) is 3.36. The van der Waals surface area contributed by atoms with Crippen LogP contribution in [0, 0.1) is 0 Å². The van der Waals surface area contributed by atoms with E-state index in [-0.39, 0.29) is 5.75 Å². The molecule has 0 saturated carbocycles. The number of guanidine groups is 1. The van der Waals surface area contributed by atoms with E-state index in [9.17, 15) is 8.42 Å². The van der Waals surface area contributed by atoms with Crippen molar-refractivity contribution < 1.29 is 8.42 Å². The summed E-state index contributed by atoms with van der Waals surface area (Å²) in [5.74, 6) is 0.795. The normalized spacial score (nSPS) is 13.5. The molecule has 0 spiro atoms. The standard InChI is InChI=1S/C16H28N4O2S2/c1-4-17-16(18-11-12-20-24(21,22)5-2)19-13-14(3)23-15-9-7-6-8-10-15/h6-10,14,20H,4-5,11-13H2,1-3H3,(H2,17,18,19). The lowest BCUT2D eigenvalue weighted by Crippen LogP contribution is -2.42. The van der Waals surface area contributed by atoms with Crippen LogP contribution in [0.2, 0.25) is 0 Å². The highest BCUT2D eigenvalue weighted by Crippen LogP contribution is 2.22. The third-order valence-corrected chi connectivity index (χ3v) is 5.55. The third-order valence-electron chi connectivity index (χ3n) is 3.05. The Morgan fingerprint density at radius 2 is 1.88 bits per heavy atom. The number of thioether (sulfide) groups is 1. The predicted molar refractivity (Wildman–Crippen MR) is 103 cm³/mol. The number of hydrogen-bond acceptors (Lipinski definition) is 4. The van der Waals surface area contributed by atoms with Gasteiger partial charge in [0.1, 0.15) is 0 Å². The maximum atomic E-state index is 11.4. The number of aliphatic imine (C=N–C) groups is 1.